The fraction of sp³-hybridized carbons (Fsp3) is 0.294. The average molecular weight is 847 g/mol. The maximum atomic E-state index is 13.1. The first kappa shape index (κ1) is 45.7. The van der Waals surface area contributed by atoms with E-state index in [2.05, 4.69) is 77.9 Å². The second kappa shape index (κ2) is 19.3. The van der Waals surface area contributed by atoms with Crippen LogP contribution in [0.15, 0.2) is 165 Å². The number of rotatable bonds is 14. The minimum Gasteiger partial charge on any atom is -0.491 e. The van der Waals surface area contributed by atoms with E-state index in [9.17, 15) is 16.8 Å². The van der Waals surface area contributed by atoms with Gasteiger partial charge in [-0.15, -0.1) is 0 Å². The Morgan fingerprint density at radius 3 is 0.917 bits per heavy atom. The SMILES string of the molecule is CC(C)Oc1ccc(S(=O)(=O)c2ccc(C(C)C)cc2)cc1.CC(C)Oc1ccc(S(=O)(=O)c2ccc(Oc3ccc(C(C)(C)c4ccc(C(C)C)cc4)cc3)cc2)cc1. The van der Waals surface area contributed by atoms with Gasteiger partial charge in [0, 0.05) is 5.41 Å². The summed E-state index contributed by atoms with van der Waals surface area (Å²) in [5.74, 6) is 3.46. The maximum absolute atomic E-state index is 13.1. The Labute approximate surface area is 358 Å². The van der Waals surface area contributed by atoms with Crippen LogP contribution in [-0.4, -0.2) is 29.0 Å². The zero-order chi connectivity index (χ0) is 43.8. The molecule has 9 heteroatoms. The molecule has 0 aliphatic rings. The van der Waals surface area contributed by atoms with Crippen molar-refractivity contribution < 1.29 is 31.0 Å². The molecule has 0 fully saturated rings. The van der Waals surface area contributed by atoms with Crippen LogP contribution in [0.5, 0.6) is 23.0 Å². The fourth-order valence-electron chi connectivity index (χ4n) is 6.46. The standard InChI is InChI=1S/C33H36O4S.C18H22O3S/c1-23(2)25-7-9-26(10-8-25)33(5,6)27-11-13-29(14-12-27)37-30-17-21-32(22-18-30)38(34,35)31-19-15-28(16-20-31)36-24(3)4;1-13(2)15-5-9-17(10-6-15)22(19,20)18-11-7-16(8-12-18)21-14(3)4/h7-24H,1-6H3;5-14H,1-4H3. The number of benzene rings is 6. The van der Waals surface area contributed by atoms with E-state index >= 15 is 0 Å². The molecule has 0 atom stereocenters. The summed E-state index contributed by atoms with van der Waals surface area (Å²) in [5, 5.41) is 0. The van der Waals surface area contributed by atoms with Crippen molar-refractivity contribution in [1.29, 1.82) is 0 Å². The molecule has 0 amide bonds. The van der Waals surface area contributed by atoms with E-state index in [1.807, 2.05) is 52.0 Å². The van der Waals surface area contributed by atoms with Gasteiger partial charge in [0.15, 0.2) is 0 Å². The molecule has 0 radical (unpaired) electrons. The van der Waals surface area contributed by atoms with Crippen LogP contribution in [0, 0.1) is 0 Å². The predicted molar refractivity (Wildman–Crippen MR) is 241 cm³/mol. The van der Waals surface area contributed by atoms with E-state index in [1.165, 1.54) is 16.7 Å². The summed E-state index contributed by atoms with van der Waals surface area (Å²) < 4.78 is 68.5. The summed E-state index contributed by atoms with van der Waals surface area (Å²) in [6.45, 7) is 20.7. The van der Waals surface area contributed by atoms with Crippen molar-refractivity contribution in [3.05, 3.63) is 168 Å². The first-order valence-electron chi connectivity index (χ1n) is 20.4. The number of ether oxygens (including phenoxy) is 3. The van der Waals surface area contributed by atoms with E-state index in [0.717, 1.165) is 5.56 Å². The summed E-state index contributed by atoms with van der Waals surface area (Å²) in [5.41, 5.74) is 4.76. The van der Waals surface area contributed by atoms with Crippen LogP contribution in [-0.2, 0) is 25.1 Å². The Bertz CT molecular complexity index is 2500. The van der Waals surface area contributed by atoms with Gasteiger partial charge in [0.1, 0.15) is 23.0 Å². The van der Waals surface area contributed by atoms with Gasteiger partial charge in [-0.05, 0) is 159 Å². The number of sulfone groups is 2. The van der Waals surface area contributed by atoms with Crippen LogP contribution in [0.1, 0.15) is 103 Å². The van der Waals surface area contributed by atoms with Gasteiger partial charge < -0.3 is 14.2 Å². The highest BCUT2D eigenvalue weighted by atomic mass is 32.2. The Morgan fingerprint density at radius 1 is 0.367 bits per heavy atom. The van der Waals surface area contributed by atoms with E-state index in [0.29, 0.717) is 39.7 Å². The highest BCUT2D eigenvalue weighted by Crippen LogP contribution is 2.35. The Morgan fingerprint density at radius 2 is 0.617 bits per heavy atom. The van der Waals surface area contributed by atoms with Gasteiger partial charge >= 0.3 is 0 Å². The van der Waals surface area contributed by atoms with Crippen LogP contribution in [0.4, 0.5) is 0 Å². The molecular formula is C51H58O7S2. The van der Waals surface area contributed by atoms with Crippen LogP contribution in [0.25, 0.3) is 0 Å². The van der Waals surface area contributed by atoms with Gasteiger partial charge in [0.2, 0.25) is 19.7 Å². The van der Waals surface area contributed by atoms with Crippen LogP contribution >= 0.6 is 0 Å². The van der Waals surface area contributed by atoms with Crippen molar-refractivity contribution in [2.75, 3.05) is 0 Å². The third-order valence-electron chi connectivity index (χ3n) is 10.1. The summed E-state index contributed by atoms with van der Waals surface area (Å²) in [6, 6.07) is 43.5. The van der Waals surface area contributed by atoms with Crippen molar-refractivity contribution in [2.24, 2.45) is 0 Å². The van der Waals surface area contributed by atoms with Crippen molar-refractivity contribution in [1.82, 2.24) is 0 Å². The number of hydrogen-bond acceptors (Lipinski definition) is 7. The Balaban J connectivity index is 0.000000263. The average Bonchev–Trinajstić information content (AvgIpc) is 3.21. The summed E-state index contributed by atoms with van der Waals surface area (Å²) >= 11 is 0. The third kappa shape index (κ3) is 11.5. The molecule has 316 valence electrons. The van der Waals surface area contributed by atoms with Gasteiger partial charge in [-0.3, -0.25) is 0 Å². The normalized spacial score (nSPS) is 12.0. The Hall–Kier alpha value is -5.38. The molecule has 0 aliphatic heterocycles. The highest BCUT2D eigenvalue weighted by molar-refractivity contribution is 7.91. The largest absolute Gasteiger partial charge is 0.491 e. The summed E-state index contributed by atoms with van der Waals surface area (Å²) in [7, 11) is -7.12. The highest BCUT2D eigenvalue weighted by Gasteiger charge is 2.24. The lowest BCUT2D eigenvalue weighted by atomic mass is 9.77. The lowest BCUT2D eigenvalue weighted by molar-refractivity contribution is 0.242. The molecule has 0 unspecified atom stereocenters. The van der Waals surface area contributed by atoms with Crippen molar-refractivity contribution >= 4 is 19.7 Å². The first-order valence-corrected chi connectivity index (χ1v) is 23.4. The van der Waals surface area contributed by atoms with Crippen LogP contribution in [0.2, 0.25) is 0 Å². The maximum Gasteiger partial charge on any atom is 0.206 e. The van der Waals surface area contributed by atoms with Gasteiger partial charge in [-0.2, -0.15) is 0 Å². The molecular weight excluding hydrogens is 789 g/mol. The van der Waals surface area contributed by atoms with E-state index in [4.69, 9.17) is 14.2 Å². The quantitative estimate of drug-likeness (QED) is 0.108. The van der Waals surface area contributed by atoms with E-state index in [-0.39, 0.29) is 32.3 Å². The molecule has 0 bridgehead atoms. The van der Waals surface area contributed by atoms with Gasteiger partial charge in [0.25, 0.3) is 0 Å². The molecule has 60 heavy (non-hydrogen) atoms. The molecule has 6 aromatic carbocycles. The molecule has 0 saturated carbocycles. The molecule has 0 aromatic heterocycles. The summed E-state index contributed by atoms with van der Waals surface area (Å²) in [6.07, 6.45) is 0.0840. The lowest BCUT2D eigenvalue weighted by Crippen LogP contribution is -2.18. The van der Waals surface area contributed by atoms with Crippen molar-refractivity contribution in [2.45, 2.75) is 118 Å². The third-order valence-corrected chi connectivity index (χ3v) is 13.7. The minimum absolute atomic E-state index is 0.0228. The molecule has 6 aromatic rings. The van der Waals surface area contributed by atoms with Crippen LogP contribution < -0.4 is 14.2 Å². The van der Waals surface area contributed by atoms with Gasteiger partial charge in [-0.25, -0.2) is 16.8 Å². The van der Waals surface area contributed by atoms with Crippen molar-refractivity contribution in [3.63, 3.8) is 0 Å². The monoisotopic (exact) mass is 846 g/mol. The molecule has 0 saturated heterocycles. The molecule has 7 nitrogen and oxygen atoms in total. The minimum atomic E-state index is -3.64. The molecule has 0 N–H and O–H groups in total. The summed E-state index contributed by atoms with van der Waals surface area (Å²) in [4.78, 5) is 1.03. The van der Waals surface area contributed by atoms with Gasteiger partial charge in [-0.1, -0.05) is 90.1 Å². The Kier molecular flexibility index (Phi) is 14.7. The molecule has 0 spiro atoms. The van der Waals surface area contributed by atoms with E-state index in [1.54, 1.807) is 84.9 Å². The van der Waals surface area contributed by atoms with Crippen molar-refractivity contribution in [3.8, 4) is 23.0 Å². The van der Waals surface area contributed by atoms with E-state index < -0.39 is 19.7 Å². The first-order chi connectivity index (χ1) is 28.3. The lowest BCUT2D eigenvalue weighted by Gasteiger charge is -2.27. The van der Waals surface area contributed by atoms with Crippen LogP contribution in [0.3, 0.4) is 0 Å². The van der Waals surface area contributed by atoms with Gasteiger partial charge in [0.05, 0.1) is 31.8 Å². The molecule has 0 heterocycles. The second-order valence-electron chi connectivity index (χ2n) is 16.5. The smallest absolute Gasteiger partial charge is 0.206 e. The second-order valence-corrected chi connectivity index (χ2v) is 20.4. The molecule has 0 aliphatic carbocycles. The molecule has 6 rings (SSSR count). The zero-order valence-electron chi connectivity index (χ0n) is 36.3. The zero-order valence-corrected chi connectivity index (χ0v) is 38.0. The fourth-order valence-corrected chi connectivity index (χ4v) is 8.98. The predicted octanol–water partition coefficient (Wildman–Crippen LogP) is 13.0. The number of hydrogen-bond donors (Lipinski definition) is 0. The topological polar surface area (TPSA) is 96.0 Å².